The zero-order valence-corrected chi connectivity index (χ0v) is 15.0. The summed E-state index contributed by atoms with van der Waals surface area (Å²) in [7, 11) is 0. The molecule has 0 spiro atoms. The molecule has 5 heteroatoms. The monoisotopic (exact) mass is 360 g/mol. The fourth-order valence-electron chi connectivity index (χ4n) is 3.19. The van der Waals surface area contributed by atoms with Gasteiger partial charge in [0.1, 0.15) is 0 Å². The van der Waals surface area contributed by atoms with Crippen molar-refractivity contribution in [3.8, 4) is 0 Å². The molecule has 0 aromatic heterocycles. The number of β-amino-alcohol motifs (C(OH)–C–C–N with tert-alkyl or cyclic N) is 1. The molecule has 0 bridgehead atoms. The number of aliphatic hydroxyl groups excluding tert-OH is 1. The number of amides is 1. The van der Waals surface area contributed by atoms with Gasteiger partial charge < -0.3 is 15.3 Å². The quantitative estimate of drug-likeness (QED) is 0.798. The van der Waals surface area contributed by atoms with Crippen LogP contribution in [0.15, 0.2) is 60.7 Å². The lowest BCUT2D eigenvalue weighted by Gasteiger charge is -2.24. The zero-order chi connectivity index (χ0) is 16.8. The minimum absolute atomic E-state index is 0. The second-order valence-electron chi connectivity index (χ2n) is 6.26. The summed E-state index contributed by atoms with van der Waals surface area (Å²) >= 11 is 0. The van der Waals surface area contributed by atoms with Crippen LogP contribution in [-0.2, 0) is 4.79 Å². The van der Waals surface area contributed by atoms with E-state index in [1.165, 1.54) is 0 Å². The fraction of sp³-hybridized carbons (Fsp3) is 0.350. The van der Waals surface area contributed by atoms with Gasteiger partial charge >= 0.3 is 0 Å². The number of rotatable bonds is 7. The molecule has 2 aromatic rings. The highest BCUT2D eigenvalue weighted by molar-refractivity contribution is 5.85. The van der Waals surface area contributed by atoms with Crippen molar-refractivity contribution in [3.05, 3.63) is 71.8 Å². The van der Waals surface area contributed by atoms with Crippen molar-refractivity contribution in [1.82, 2.24) is 10.2 Å². The third-order valence-electron chi connectivity index (χ3n) is 4.43. The second kappa shape index (κ2) is 9.56. The van der Waals surface area contributed by atoms with Gasteiger partial charge in [0.25, 0.3) is 0 Å². The van der Waals surface area contributed by atoms with Gasteiger partial charge in [-0.3, -0.25) is 4.79 Å². The Kier molecular flexibility index (Phi) is 7.44. The number of carbonyl (C=O) groups excluding carboxylic acids is 1. The van der Waals surface area contributed by atoms with Crippen molar-refractivity contribution in [2.75, 3.05) is 19.6 Å². The average Bonchev–Trinajstić information content (AvgIpc) is 3.02. The van der Waals surface area contributed by atoms with Gasteiger partial charge in [-0.15, -0.1) is 12.4 Å². The number of halogens is 1. The maximum absolute atomic E-state index is 11.7. The molecule has 1 atom stereocenters. The van der Waals surface area contributed by atoms with Crippen molar-refractivity contribution in [2.45, 2.75) is 25.0 Å². The molecule has 3 rings (SSSR count). The highest BCUT2D eigenvalue weighted by atomic mass is 35.5. The number of aliphatic hydroxyl groups is 1. The summed E-state index contributed by atoms with van der Waals surface area (Å²) in [6.45, 7) is 1.61. The van der Waals surface area contributed by atoms with Gasteiger partial charge in [-0.25, -0.2) is 0 Å². The van der Waals surface area contributed by atoms with Crippen LogP contribution in [0, 0.1) is 0 Å². The molecule has 1 aliphatic heterocycles. The summed E-state index contributed by atoms with van der Waals surface area (Å²) in [5, 5.41) is 13.8. The second-order valence-corrected chi connectivity index (χ2v) is 6.26. The summed E-state index contributed by atoms with van der Waals surface area (Å²) in [5.41, 5.74) is 2.32. The van der Waals surface area contributed by atoms with Gasteiger partial charge in [0, 0.05) is 26.1 Å². The predicted octanol–water partition coefficient (Wildman–Crippen LogP) is 2.77. The SMILES string of the molecule is Cl.O=C1CCCN1CC(O)CNC(c1ccccc1)c1ccccc1. The predicted molar refractivity (Wildman–Crippen MR) is 102 cm³/mol. The lowest BCUT2D eigenvalue weighted by molar-refractivity contribution is -0.128. The summed E-state index contributed by atoms with van der Waals surface area (Å²) in [6, 6.07) is 20.4. The van der Waals surface area contributed by atoms with E-state index >= 15 is 0 Å². The van der Waals surface area contributed by atoms with Crippen molar-refractivity contribution in [3.63, 3.8) is 0 Å². The van der Waals surface area contributed by atoms with Crippen molar-refractivity contribution in [1.29, 1.82) is 0 Å². The fourth-order valence-corrected chi connectivity index (χ4v) is 3.19. The molecule has 1 amide bonds. The molecular formula is C20H25ClN2O2. The molecule has 1 fully saturated rings. The van der Waals surface area contributed by atoms with E-state index in [-0.39, 0.29) is 24.4 Å². The molecular weight excluding hydrogens is 336 g/mol. The number of hydrogen-bond donors (Lipinski definition) is 2. The summed E-state index contributed by atoms with van der Waals surface area (Å²) in [4.78, 5) is 13.4. The molecule has 1 unspecified atom stereocenters. The van der Waals surface area contributed by atoms with Gasteiger partial charge in [-0.05, 0) is 17.5 Å². The van der Waals surface area contributed by atoms with E-state index in [1.807, 2.05) is 36.4 Å². The number of hydrogen-bond acceptors (Lipinski definition) is 3. The minimum atomic E-state index is -0.568. The zero-order valence-electron chi connectivity index (χ0n) is 14.2. The van der Waals surface area contributed by atoms with E-state index in [4.69, 9.17) is 0 Å². The lowest BCUT2D eigenvalue weighted by atomic mass is 9.98. The van der Waals surface area contributed by atoms with Crippen molar-refractivity contribution in [2.24, 2.45) is 0 Å². The Morgan fingerprint density at radius 3 is 2.04 bits per heavy atom. The van der Waals surface area contributed by atoms with Gasteiger partial charge in [-0.1, -0.05) is 60.7 Å². The molecule has 2 N–H and O–H groups in total. The van der Waals surface area contributed by atoms with Crippen molar-refractivity contribution >= 4 is 18.3 Å². The largest absolute Gasteiger partial charge is 0.390 e. The standard InChI is InChI=1S/C20H24N2O2.ClH/c23-18(15-22-13-7-12-19(22)24)14-21-20(16-8-3-1-4-9-16)17-10-5-2-6-11-17;/h1-6,8-11,18,20-21,23H,7,12-15H2;1H. The molecule has 4 nitrogen and oxygen atoms in total. The highest BCUT2D eigenvalue weighted by Crippen LogP contribution is 2.21. The molecule has 2 aromatic carbocycles. The van der Waals surface area contributed by atoms with E-state index in [0.29, 0.717) is 19.5 Å². The number of likely N-dealkylation sites (tertiary alicyclic amines) is 1. The van der Waals surface area contributed by atoms with Crippen LogP contribution < -0.4 is 5.32 Å². The molecule has 0 aliphatic carbocycles. The number of benzene rings is 2. The highest BCUT2D eigenvalue weighted by Gasteiger charge is 2.23. The van der Waals surface area contributed by atoms with Crippen LogP contribution in [0.25, 0.3) is 0 Å². The Hall–Kier alpha value is -1.88. The topological polar surface area (TPSA) is 52.6 Å². The lowest BCUT2D eigenvalue weighted by Crippen LogP contribution is -2.40. The molecule has 1 saturated heterocycles. The van der Waals surface area contributed by atoms with Crippen LogP contribution in [0.5, 0.6) is 0 Å². The van der Waals surface area contributed by atoms with Gasteiger partial charge in [-0.2, -0.15) is 0 Å². The number of carbonyl (C=O) groups is 1. The Bertz CT molecular complexity index is 612. The van der Waals surface area contributed by atoms with Crippen LogP contribution in [0.4, 0.5) is 0 Å². The molecule has 25 heavy (non-hydrogen) atoms. The van der Waals surface area contributed by atoms with Crippen LogP contribution in [-0.4, -0.2) is 41.7 Å². The maximum Gasteiger partial charge on any atom is 0.222 e. The Labute approximate surface area is 155 Å². The van der Waals surface area contributed by atoms with E-state index < -0.39 is 6.10 Å². The summed E-state index contributed by atoms with van der Waals surface area (Å²) in [6.07, 6.45) is 0.939. The first-order valence-corrected chi connectivity index (χ1v) is 8.53. The van der Waals surface area contributed by atoms with Crippen molar-refractivity contribution < 1.29 is 9.90 Å². The summed E-state index contributed by atoms with van der Waals surface area (Å²) < 4.78 is 0. The Morgan fingerprint density at radius 2 is 1.56 bits per heavy atom. The van der Waals surface area contributed by atoms with Crippen LogP contribution in [0.3, 0.4) is 0 Å². The molecule has 0 radical (unpaired) electrons. The van der Waals surface area contributed by atoms with Crippen LogP contribution in [0.2, 0.25) is 0 Å². The molecule has 1 heterocycles. The smallest absolute Gasteiger partial charge is 0.222 e. The first-order valence-electron chi connectivity index (χ1n) is 8.53. The van der Waals surface area contributed by atoms with Crippen LogP contribution in [0.1, 0.15) is 30.0 Å². The van der Waals surface area contributed by atoms with Crippen LogP contribution >= 0.6 is 12.4 Å². The normalized spacial score (nSPS) is 15.3. The minimum Gasteiger partial charge on any atom is -0.390 e. The molecule has 1 aliphatic rings. The first-order chi connectivity index (χ1) is 11.7. The van der Waals surface area contributed by atoms with Gasteiger partial charge in [0.2, 0.25) is 5.91 Å². The Balaban J connectivity index is 0.00000225. The summed E-state index contributed by atoms with van der Waals surface area (Å²) in [5.74, 6) is 0.150. The van der Waals surface area contributed by atoms with Gasteiger partial charge in [0.05, 0.1) is 12.1 Å². The van der Waals surface area contributed by atoms with E-state index in [0.717, 1.165) is 24.1 Å². The van der Waals surface area contributed by atoms with E-state index in [1.54, 1.807) is 4.90 Å². The third-order valence-corrected chi connectivity index (χ3v) is 4.43. The van der Waals surface area contributed by atoms with Gasteiger partial charge in [0.15, 0.2) is 0 Å². The maximum atomic E-state index is 11.7. The first kappa shape index (κ1) is 19.4. The Morgan fingerprint density at radius 1 is 1.00 bits per heavy atom. The van der Waals surface area contributed by atoms with E-state index in [9.17, 15) is 9.90 Å². The molecule has 134 valence electrons. The number of nitrogens with zero attached hydrogens (tertiary/aromatic N) is 1. The average molecular weight is 361 g/mol. The van der Waals surface area contributed by atoms with E-state index in [2.05, 4.69) is 29.6 Å². The molecule has 0 saturated carbocycles. The number of nitrogens with one attached hydrogen (secondary N) is 1. The third kappa shape index (κ3) is 5.30.